The Morgan fingerprint density at radius 3 is 2.50 bits per heavy atom. The van der Waals surface area contributed by atoms with Gasteiger partial charge < -0.3 is 20.1 Å². The molecule has 3 amide bonds. The second-order valence-corrected chi connectivity index (χ2v) is 11.0. The summed E-state index contributed by atoms with van der Waals surface area (Å²) in [7, 11) is -2.41. The molecule has 0 spiro atoms. The molecule has 10 heteroatoms. The average Bonchev–Trinajstić information content (AvgIpc) is 3.23. The zero-order valence-corrected chi connectivity index (χ0v) is 21.4. The summed E-state index contributed by atoms with van der Waals surface area (Å²) in [5, 5.41) is 5.64. The van der Waals surface area contributed by atoms with E-state index < -0.39 is 16.1 Å². The Hall–Kier alpha value is -3.27. The van der Waals surface area contributed by atoms with Gasteiger partial charge in [0.15, 0.2) is 0 Å². The summed E-state index contributed by atoms with van der Waals surface area (Å²) in [6.07, 6.45) is 6.18. The van der Waals surface area contributed by atoms with Crippen molar-refractivity contribution in [1.82, 2.24) is 15.4 Å². The lowest BCUT2D eigenvalue weighted by Crippen LogP contribution is -2.45. The zero-order chi connectivity index (χ0) is 25.7. The number of carbonyl (C=O) groups is 2. The monoisotopic (exact) mass is 515 g/mol. The third-order valence-corrected chi connectivity index (χ3v) is 7.89. The van der Waals surface area contributed by atoms with Crippen LogP contribution in [-0.4, -0.2) is 46.2 Å². The molecule has 1 unspecified atom stereocenters. The molecule has 1 saturated carbocycles. The van der Waals surface area contributed by atoms with Gasteiger partial charge in [-0.2, -0.15) is 0 Å². The van der Waals surface area contributed by atoms with E-state index in [-0.39, 0.29) is 22.9 Å². The number of rotatable bonds is 8. The van der Waals surface area contributed by atoms with E-state index in [9.17, 15) is 18.0 Å². The summed E-state index contributed by atoms with van der Waals surface area (Å²) in [6, 6.07) is 9.13. The summed E-state index contributed by atoms with van der Waals surface area (Å²) >= 11 is 0. The number of methoxy groups -OCH3 is 1. The molecule has 2 aromatic carbocycles. The van der Waals surface area contributed by atoms with E-state index in [1.807, 2.05) is 13.0 Å². The number of fused-ring (bicyclic) bond motifs is 1. The third kappa shape index (κ3) is 6.29. The number of urea groups is 1. The van der Waals surface area contributed by atoms with Gasteiger partial charge in [0.05, 0.1) is 17.6 Å². The Bertz CT molecular complexity index is 1210. The maximum absolute atomic E-state index is 12.8. The van der Waals surface area contributed by atoms with Crippen molar-refractivity contribution in [2.45, 2.75) is 68.9 Å². The first-order chi connectivity index (χ1) is 17.2. The van der Waals surface area contributed by atoms with Gasteiger partial charge in [-0.3, -0.25) is 4.79 Å². The minimum absolute atomic E-state index is 0.00118. The predicted octanol–water partition coefficient (Wildman–Crippen LogP) is 3.31. The standard InChI is InChI=1S/C26H33N3O6S/c1-17-14-19-15-21(34-2)16-23(24(19)35-17)25(30)27-13-12-18-8-10-22(11-9-18)36(32,33)29-26(31)28-20-6-4-3-5-7-20/h8-11,15-17,20H,3-7,12-14H2,1-2H3,(H,27,30)(H2,28,29,31). The van der Waals surface area contributed by atoms with Crippen LogP contribution in [0.25, 0.3) is 0 Å². The van der Waals surface area contributed by atoms with Crippen LogP contribution in [0.1, 0.15) is 60.5 Å². The van der Waals surface area contributed by atoms with Gasteiger partial charge >= 0.3 is 6.03 Å². The molecule has 0 saturated heterocycles. The second kappa shape index (κ2) is 11.2. The maximum Gasteiger partial charge on any atom is 0.328 e. The Kier molecular flexibility index (Phi) is 8.03. The molecule has 2 aliphatic rings. The zero-order valence-electron chi connectivity index (χ0n) is 20.6. The van der Waals surface area contributed by atoms with Gasteiger partial charge in [0.2, 0.25) is 0 Å². The van der Waals surface area contributed by atoms with Crippen LogP contribution in [0.5, 0.6) is 11.5 Å². The van der Waals surface area contributed by atoms with Crippen molar-refractivity contribution in [2.75, 3.05) is 13.7 Å². The van der Waals surface area contributed by atoms with E-state index in [0.29, 0.717) is 30.0 Å². The first-order valence-electron chi connectivity index (χ1n) is 12.3. The smallest absolute Gasteiger partial charge is 0.328 e. The largest absolute Gasteiger partial charge is 0.497 e. The van der Waals surface area contributed by atoms with Crippen LogP contribution in [0, 0.1) is 0 Å². The Morgan fingerprint density at radius 1 is 1.08 bits per heavy atom. The van der Waals surface area contributed by atoms with Gasteiger partial charge in [-0.05, 0) is 56.0 Å². The SMILES string of the molecule is COc1cc2c(c(C(=O)NCCc3ccc(S(=O)(=O)NC(=O)NC4CCCCC4)cc3)c1)OC(C)C2. The first-order valence-corrected chi connectivity index (χ1v) is 13.8. The fourth-order valence-electron chi connectivity index (χ4n) is 4.68. The quantitative estimate of drug-likeness (QED) is 0.496. The summed E-state index contributed by atoms with van der Waals surface area (Å²) in [5.41, 5.74) is 2.24. The molecule has 2 aromatic rings. The summed E-state index contributed by atoms with van der Waals surface area (Å²) < 4.78 is 38.4. The van der Waals surface area contributed by atoms with Crippen molar-refractivity contribution < 1.29 is 27.5 Å². The maximum atomic E-state index is 12.8. The molecule has 194 valence electrons. The van der Waals surface area contributed by atoms with Gasteiger partial charge in [-0.15, -0.1) is 0 Å². The highest BCUT2D eigenvalue weighted by Gasteiger charge is 2.26. The van der Waals surface area contributed by atoms with E-state index in [4.69, 9.17) is 9.47 Å². The van der Waals surface area contributed by atoms with Crippen molar-refractivity contribution in [1.29, 1.82) is 0 Å². The van der Waals surface area contributed by atoms with Gasteiger partial charge in [-0.1, -0.05) is 31.4 Å². The Balaban J connectivity index is 1.30. The summed E-state index contributed by atoms with van der Waals surface area (Å²) in [5.74, 6) is 0.941. The lowest BCUT2D eigenvalue weighted by molar-refractivity contribution is 0.0949. The van der Waals surface area contributed by atoms with E-state index in [2.05, 4.69) is 15.4 Å². The van der Waals surface area contributed by atoms with E-state index >= 15 is 0 Å². The van der Waals surface area contributed by atoms with Crippen LogP contribution in [-0.2, 0) is 22.9 Å². The van der Waals surface area contributed by atoms with E-state index in [0.717, 1.165) is 49.7 Å². The van der Waals surface area contributed by atoms with Gasteiger partial charge in [-0.25, -0.2) is 17.9 Å². The number of amides is 3. The molecule has 0 aromatic heterocycles. The van der Waals surface area contributed by atoms with Crippen LogP contribution in [0.4, 0.5) is 4.79 Å². The predicted molar refractivity (Wildman–Crippen MR) is 135 cm³/mol. The number of ether oxygens (including phenoxy) is 2. The number of hydrogen-bond acceptors (Lipinski definition) is 6. The summed E-state index contributed by atoms with van der Waals surface area (Å²) in [4.78, 5) is 25.0. The molecule has 1 fully saturated rings. The second-order valence-electron chi connectivity index (χ2n) is 9.36. The lowest BCUT2D eigenvalue weighted by Gasteiger charge is -2.22. The van der Waals surface area contributed by atoms with Crippen LogP contribution >= 0.6 is 0 Å². The Labute approximate surface area is 212 Å². The molecule has 1 atom stereocenters. The number of hydrogen-bond donors (Lipinski definition) is 3. The molecule has 36 heavy (non-hydrogen) atoms. The van der Waals surface area contributed by atoms with E-state index in [1.165, 1.54) is 12.1 Å². The van der Waals surface area contributed by atoms with Crippen molar-refractivity contribution in [3.8, 4) is 11.5 Å². The van der Waals surface area contributed by atoms with Gasteiger partial charge in [0.1, 0.15) is 17.6 Å². The highest BCUT2D eigenvalue weighted by molar-refractivity contribution is 7.90. The first kappa shape index (κ1) is 25.8. The van der Waals surface area contributed by atoms with Gasteiger partial charge in [0, 0.05) is 24.6 Å². The molecule has 3 N–H and O–H groups in total. The molecule has 0 radical (unpaired) electrons. The van der Waals surface area contributed by atoms with Crippen LogP contribution in [0.2, 0.25) is 0 Å². The van der Waals surface area contributed by atoms with Crippen molar-refractivity contribution >= 4 is 22.0 Å². The molecular formula is C26H33N3O6S. The minimum Gasteiger partial charge on any atom is -0.497 e. The van der Waals surface area contributed by atoms with E-state index in [1.54, 1.807) is 25.3 Å². The van der Waals surface area contributed by atoms with Crippen LogP contribution < -0.4 is 24.8 Å². The molecule has 1 aliphatic carbocycles. The summed E-state index contributed by atoms with van der Waals surface area (Å²) in [6.45, 7) is 2.31. The highest BCUT2D eigenvalue weighted by Crippen LogP contribution is 2.36. The van der Waals surface area contributed by atoms with Crippen molar-refractivity contribution in [3.05, 3.63) is 53.1 Å². The molecule has 9 nitrogen and oxygen atoms in total. The highest BCUT2D eigenvalue weighted by atomic mass is 32.2. The normalized spacial score (nSPS) is 17.6. The molecule has 4 rings (SSSR count). The fraction of sp³-hybridized carbons (Fsp3) is 0.462. The Morgan fingerprint density at radius 2 is 1.81 bits per heavy atom. The number of nitrogens with one attached hydrogen (secondary N) is 3. The number of sulfonamides is 1. The molecule has 0 bridgehead atoms. The molecule has 1 aliphatic heterocycles. The van der Waals surface area contributed by atoms with Crippen LogP contribution in [0.15, 0.2) is 41.3 Å². The number of carbonyl (C=O) groups excluding carboxylic acids is 2. The topological polar surface area (TPSA) is 123 Å². The lowest BCUT2D eigenvalue weighted by atomic mass is 9.96. The molecule has 1 heterocycles. The third-order valence-electron chi connectivity index (χ3n) is 6.55. The van der Waals surface area contributed by atoms with Crippen molar-refractivity contribution in [3.63, 3.8) is 0 Å². The molecular weight excluding hydrogens is 482 g/mol. The average molecular weight is 516 g/mol. The van der Waals surface area contributed by atoms with Gasteiger partial charge in [0.25, 0.3) is 15.9 Å². The fourth-order valence-corrected chi connectivity index (χ4v) is 5.60. The van der Waals surface area contributed by atoms with Crippen molar-refractivity contribution in [2.24, 2.45) is 0 Å². The van der Waals surface area contributed by atoms with Crippen LogP contribution in [0.3, 0.4) is 0 Å². The number of benzene rings is 2. The minimum atomic E-state index is -3.97.